The van der Waals surface area contributed by atoms with Gasteiger partial charge in [-0.3, -0.25) is 20.6 Å². The van der Waals surface area contributed by atoms with Crippen LogP contribution in [0, 0.1) is 10.8 Å². The second-order valence-electron chi connectivity index (χ2n) is 8.03. The number of hydrogen-bond acceptors (Lipinski definition) is 7. The number of carbonyl (C=O) groups is 1. The van der Waals surface area contributed by atoms with Crippen LogP contribution >= 0.6 is 0 Å². The van der Waals surface area contributed by atoms with E-state index in [2.05, 4.69) is 15.3 Å². The smallest absolute Gasteiger partial charge is 0.433 e. The Bertz CT molecular complexity index is 1310. The van der Waals surface area contributed by atoms with Gasteiger partial charge >= 0.3 is 6.18 Å². The molecule has 1 aliphatic rings. The third-order valence-electron chi connectivity index (χ3n) is 5.31. The van der Waals surface area contributed by atoms with Crippen LogP contribution in [0.3, 0.4) is 0 Å². The maximum atomic E-state index is 13.1. The van der Waals surface area contributed by atoms with E-state index in [0.29, 0.717) is 11.3 Å². The van der Waals surface area contributed by atoms with Crippen molar-refractivity contribution in [3.63, 3.8) is 0 Å². The SMILES string of the molecule is N=CN(C(=N)c1cccc(NC(=O)c2cc(Oc3cc(CN)cc(C(F)(F)F)n3)ccn2)c1)C1CC1. The minimum absolute atomic E-state index is 0.0434. The van der Waals surface area contributed by atoms with E-state index in [9.17, 15) is 18.0 Å². The third-order valence-corrected chi connectivity index (χ3v) is 5.31. The molecule has 1 fully saturated rings. The van der Waals surface area contributed by atoms with E-state index >= 15 is 0 Å². The van der Waals surface area contributed by atoms with Crippen LogP contribution in [0.4, 0.5) is 18.9 Å². The van der Waals surface area contributed by atoms with Gasteiger partial charge in [-0.25, -0.2) is 4.98 Å². The topological polar surface area (TPSA) is 141 Å². The van der Waals surface area contributed by atoms with Gasteiger partial charge in [-0.05, 0) is 42.7 Å². The molecule has 4 rings (SSSR count). The minimum atomic E-state index is -4.67. The molecular formula is C24H22F3N7O2. The molecular weight excluding hydrogens is 475 g/mol. The van der Waals surface area contributed by atoms with Crippen molar-refractivity contribution < 1.29 is 22.7 Å². The van der Waals surface area contributed by atoms with E-state index < -0.39 is 17.8 Å². The van der Waals surface area contributed by atoms with E-state index in [4.69, 9.17) is 21.3 Å². The highest BCUT2D eigenvalue weighted by molar-refractivity contribution is 6.06. The molecule has 1 aromatic carbocycles. The molecule has 5 N–H and O–H groups in total. The Kier molecular flexibility index (Phi) is 6.97. The van der Waals surface area contributed by atoms with Crippen LogP contribution < -0.4 is 15.8 Å². The van der Waals surface area contributed by atoms with Crippen LogP contribution in [-0.4, -0.2) is 39.0 Å². The number of pyridine rings is 2. The first-order valence-electron chi connectivity index (χ1n) is 10.9. The van der Waals surface area contributed by atoms with Crippen LogP contribution in [0.5, 0.6) is 11.6 Å². The zero-order chi connectivity index (χ0) is 25.9. The van der Waals surface area contributed by atoms with Gasteiger partial charge in [0.25, 0.3) is 5.91 Å². The van der Waals surface area contributed by atoms with E-state index in [0.717, 1.165) is 25.2 Å². The number of nitrogens with one attached hydrogen (secondary N) is 3. The lowest BCUT2D eigenvalue weighted by Gasteiger charge is -2.19. The number of hydrogen-bond donors (Lipinski definition) is 4. The molecule has 1 saturated carbocycles. The number of rotatable bonds is 8. The zero-order valence-corrected chi connectivity index (χ0v) is 18.8. The van der Waals surface area contributed by atoms with Gasteiger partial charge in [0.1, 0.15) is 23.0 Å². The Morgan fingerprint density at radius 2 is 2.00 bits per heavy atom. The summed E-state index contributed by atoms with van der Waals surface area (Å²) < 4.78 is 44.9. The summed E-state index contributed by atoms with van der Waals surface area (Å²) >= 11 is 0. The molecule has 9 nitrogen and oxygen atoms in total. The lowest BCUT2D eigenvalue weighted by Crippen LogP contribution is -2.31. The fourth-order valence-electron chi connectivity index (χ4n) is 3.39. The number of aromatic nitrogens is 2. The summed E-state index contributed by atoms with van der Waals surface area (Å²) in [6.45, 7) is -0.138. The number of ether oxygens (including phenoxy) is 1. The lowest BCUT2D eigenvalue weighted by molar-refractivity contribution is -0.141. The second kappa shape index (κ2) is 10.1. The zero-order valence-electron chi connectivity index (χ0n) is 18.8. The van der Waals surface area contributed by atoms with Gasteiger partial charge in [0.05, 0.1) is 6.34 Å². The summed E-state index contributed by atoms with van der Waals surface area (Å²) in [5.41, 5.74) is 5.43. The number of amidine groups is 1. The largest absolute Gasteiger partial charge is 0.439 e. The number of nitrogens with two attached hydrogens (primary N) is 1. The molecule has 0 radical (unpaired) electrons. The molecule has 3 aromatic rings. The molecule has 0 spiro atoms. The molecule has 1 amide bonds. The normalized spacial score (nSPS) is 13.1. The van der Waals surface area contributed by atoms with Gasteiger partial charge in [-0.2, -0.15) is 13.2 Å². The predicted molar refractivity (Wildman–Crippen MR) is 126 cm³/mol. The Labute approximate surface area is 204 Å². The fourth-order valence-corrected chi connectivity index (χ4v) is 3.39. The van der Waals surface area contributed by atoms with E-state index in [1.165, 1.54) is 24.4 Å². The molecule has 186 valence electrons. The summed E-state index contributed by atoms with van der Waals surface area (Å²) in [5, 5.41) is 18.6. The molecule has 2 aromatic heterocycles. The summed E-state index contributed by atoms with van der Waals surface area (Å²) in [7, 11) is 0. The van der Waals surface area contributed by atoms with Crippen molar-refractivity contribution in [1.82, 2.24) is 14.9 Å². The Morgan fingerprint density at radius 1 is 1.22 bits per heavy atom. The summed E-state index contributed by atoms with van der Waals surface area (Å²) in [6, 6.07) is 11.6. The first kappa shape index (κ1) is 24.8. The molecule has 0 atom stereocenters. The summed E-state index contributed by atoms with van der Waals surface area (Å²) in [4.78, 5) is 21.9. The van der Waals surface area contributed by atoms with Crippen molar-refractivity contribution in [2.24, 2.45) is 5.73 Å². The van der Waals surface area contributed by atoms with Crippen molar-refractivity contribution in [3.8, 4) is 11.6 Å². The van der Waals surface area contributed by atoms with E-state index in [1.54, 1.807) is 29.2 Å². The van der Waals surface area contributed by atoms with E-state index in [-0.39, 0.29) is 41.3 Å². The monoisotopic (exact) mass is 497 g/mol. The van der Waals surface area contributed by atoms with Gasteiger partial charge in [-0.15, -0.1) is 0 Å². The van der Waals surface area contributed by atoms with Gasteiger partial charge in [0, 0.05) is 42.2 Å². The number of alkyl halides is 3. The number of amides is 1. The van der Waals surface area contributed by atoms with Crippen LogP contribution in [-0.2, 0) is 12.7 Å². The predicted octanol–water partition coefficient (Wildman–Crippen LogP) is 4.40. The average molecular weight is 497 g/mol. The Morgan fingerprint density at radius 3 is 2.67 bits per heavy atom. The highest BCUT2D eigenvalue weighted by Crippen LogP contribution is 2.31. The molecule has 0 saturated heterocycles. The first-order valence-corrected chi connectivity index (χ1v) is 10.9. The highest BCUT2D eigenvalue weighted by Gasteiger charge is 2.33. The van der Waals surface area contributed by atoms with Crippen molar-refractivity contribution in [2.45, 2.75) is 31.6 Å². The Balaban J connectivity index is 1.50. The maximum absolute atomic E-state index is 13.1. The van der Waals surface area contributed by atoms with Crippen LogP contribution in [0.15, 0.2) is 54.7 Å². The molecule has 0 unspecified atom stereocenters. The van der Waals surface area contributed by atoms with Gasteiger partial charge in [-0.1, -0.05) is 12.1 Å². The average Bonchev–Trinajstić information content (AvgIpc) is 3.69. The second-order valence-corrected chi connectivity index (χ2v) is 8.03. The first-order chi connectivity index (χ1) is 17.2. The number of benzene rings is 1. The van der Waals surface area contributed by atoms with Crippen molar-refractivity contribution in [3.05, 3.63) is 77.2 Å². The Hall–Kier alpha value is -4.32. The summed E-state index contributed by atoms with van der Waals surface area (Å²) in [5.74, 6) is -0.690. The highest BCUT2D eigenvalue weighted by atomic mass is 19.4. The molecule has 0 bridgehead atoms. The standard InChI is InChI=1S/C24H22F3N7O2/c25-24(26,27)20-8-14(12-28)9-21(33-20)36-18-6-7-31-19(11-18)23(35)32-16-3-1-2-15(10-16)22(30)34(13-29)17-4-5-17/h1-3,6-11,13,17,29-30H,4-5,12,28H2,(H,32,35). The maximum Gasteiger partial charge on any atom is 0.433 e. The van der Waals surface area contributed by atoms with Crippen LogP contribution in [0.1, 0.15) is 40.2 Å². The fraction of sp³-hybridized carbons (Fsp3) is 0.208. The van der Waals surface area contributed by atoms with Crippen LogP contribution in [0.25, 0.3) is 0 Å². The number of halogens is 3. The quantitative estimate of drug-likeness (QED) is 0.269. The van der Waals surface area contributed by atoms with E-state index in [1.807, 2.05) is 0 Å². The van der Waals surface area contributed by atoms with Gasteiger partial charge < -0.3 is 20.7 Å². The summed E-state index contributed by atoms with van der Waals surface area (Å²) in [6.07, 6.45) is -0.433. The number of carbonyl (C=O) groups excluding carboxylic acids is 1. The third kappa shape index (κ3) is 5.84. The molecule has 36 heavy (non-hydrogen) atoms. The van der Waals surface area contributed by atoms with Gasteiger partial charge in [0.2, 0.25) is 5.88 Å². The number of anilines is 1. The molecule has 2 heterocycles. The van der Waals surface area contributed by atoms with Crippen molar-refractivity contribution in [1.29, 1.82) is 10.8 Å². The minimum Gasteiger partial charge on any atom is -0.439 e. The van der Waals surface area contributed by atoms with Crippen molar-refractivity contribution in [2.75, 3.05) is 5.32 Å². The van der Waals surface area contributed by atoms with Gasteiger partial charge in [0.15, 0.2) is 0 Å². The lowest BCUT2D eigenvalue weighted by atomic mass is 10.1. The number of nitrogens with zero attached hydrogens (tertiary/aromatic N) is 3. The molecule has 12 heteroatoms. The molecule has 0 aliphatic heterocycles. The van der Waals surface area contributed by atoms with Crippen LogP contribution in [0.2, 0.25) is 0 Å². The van der Waals surface area contributed by atoms with Crippen molar-refractivity contribution >= 4 is 23.8 Å². The molecule has 1 aliphatic carbocycles.